The third-order valence-corrected chi connectivity index (χ3v) is 6.62. The van der Waals surface area contributed by atoms with Crippen molar-refractivity contribution in [2.24, 2.45) is 5.73 Å². The molecular weight excluding hydrogens is 374 g/mol. The predicted molar refractivity (Wildman–Crippen MR) is 108 cm³/mol. The molecule has 2 heterocycles. The maximum absolute atomic E-state index is 12.4. The Hall–Kier alpha value is -2.03. The van der Waals surface area contributed by atoms with E-state index in [9.17, 15) is 14.4 Å². The summed E-state index contributed by atoms with van der Waals surface area (Å²) in [5.41, 5.74) is 4.52. The summed E-state index contributed by atoms with van der Waals surface area (Å²) in [5.74, 6) is -0.162. The molecule has 3 rings (SSSR count). The monoisotopic (exact) mass is 409 g/mol. The van der Waals surface area contributed by atoms with Crippen molar-refractivity contribution in [3.8, 4) is 0 Å². The summed E-state index contributed by atoms with van der Waals surface area (Å²) < 4.78 is 5.75. The van der Waals surface area contributed by atoms with Crippen LogP contribution in [0.1, 0.15) is 51.4 Å². The first-order chi connectivity index (χ1) is 13.9. The summed E-state index contributed by atoms with van der Waals surface area (Å²) in [6.45, 7) is 3.25. The Balaban J connectivity index is 1.39. The first-order valence-electron chi connectivity index (χ1n) is 10.9. The summed E-state index contributed by atoms with van der Waals surface area (Å²) >= 11 is 0. The van der Waals surface area contributed by atoms with Crippen LogP contribution in [-0.4, -0.2) is 90.7 Å². The van der Waals surface area contributed by atoms with E-state index in [0.717, 1.165) is 13.0 Å². The highest BCUT2D eigenvalue weighted by Crippen LogP contribution is 2.33. The molecule has 4 amide bonds. The lowest BCUT2D eigenvalue weighted by Crippen LogP contribution is -2.51. The van der Waals surface area contributed by atoms with Crippen molar-refractivity contribution in [1.82, 2.24) is 20.0 Å². The van der Waals surface area contributed by atoms with Crippen LogP contribution in [0.4, 0.5) is 9.59 Å². The Morgan fingerprint density at radius 2 is 1.93 bits per heavy atom. The molecule has 0 aromatic heterocycles. The number of piperidine rings is 1. The Bertz CT molecular complexity index is 600. The van der Waals surface area contributed by atoms with Gasteiger partial charge in [0.1, 0.15) is 5.60 Å². The van der Waals surface area contributed by atoms with Gasteiger partial charge in [-0.15, -0.1) is 0 Å². The van der Waals surface area contributed by atoms with E-state index >= 15 is 0 Å². The van der Waals surface area contributed by atoms with Crippen molar-refractivity contribution >= 4 is 18.0 Å². The van der Waals surface area contributed by atoms with Crippen LogP contribution in [0.25, 0.3) is 0 Å². The smallest absolute Gasteiger partial charge is 0.410 e. The van der Waals surface area contributed by atoms with E-state index < -0.39 is 11.6 Å². The molecule has 0 aromatic carbocycles. The number of rotatable bonds is 7. The SMILES string of the molecule is CN(CCCN1CC2(CCN(C(=O)CNC(N)=O)CC2)OC1=O)C1CCCCC1. The second-order valence-electron chi connectivity index (χ2n) is 8.70. The molecule has 0 atom stereocenters. The highest BCUT2D eigenvalue weighted by Gasteiger charge is 2.47. The molecule has 164 valence electrons. The van der Waals surface area contributed by atoms with Crippen molar-refractivity contribution in [3.05, 3.63) is 0 Å². The topological polar surface area (TPSA) is 108 Å². The zero-order chi connectivity index (χ0) is 20.9. The molecular formula is C20H35N5O4. The third-order valence-electron chi connectivity index (χ3n) is 6.62. The van der Waals surface area contributed by atoms with Crippen LogP contribution in [0.5, 0.6) is 0 Å². The molecule has 1 spiro atoms. The number of hydrogen-bond donors (Lipinski definition) is 2. The Morgan fingerprint density at radius 3 is 2.59 bits per heavy atom. The molecule has 9 nitrogen and oxygen atoms in total. The predicted octanol–water partition coefficient (Wildman–Crippen LogP) is 1.12. The maximum atomic E-state index is 12.4. The molecule has 2 aliphatic heterocycles. The van der Waals surface area contributed by atoms with E-state index in [1.165, 1.54) is 32.1 Å². The van der Waals surface area contributed by atoms with Gasteiger partial charge in [-0.1, -0.05) is 19.3 Å². The minimum atomic E-state index is -0.707. The van der Waals surface area contributed by atoms with Gasteiger partial charge in [0.2, 0.25) is 5.91 Å². The van der Waals surface area contributed by atoms with Gasteiger partial charge in [-0.2, -0.15) is 0 Å². The van der Waals surface area contributed by atoms with Crippen LogP contribution >= 0.6 is 0 Å². The lowest BCUT2D eigenvalue weighted by atomic mass is 9.91. The van der Waals surface area contributed by atoms with E-state index in [1.807, 2.05) is 4.90 Å². The highest BCUT2D eigenvalue weighted by molar-refractivity contribution is 5.83. The molecule has 0 aromatic rings. The van der Waals surface area contributed by atoms with Gasteiger partial charge in [-0.25, -0.2) is 9.59 Å². The largest absolute Gasteiger partial charge is 0.441 e. The number of hydrogen-bond acceptors (Lipinski definition) is 5. The molecule has 3 fully saturated rings. The van der Waals surface area contributed by atoms with Crippen LogP contribution in [0.2, 0.25) is 0 Å². The van der Waals surface area contributed by atoms with Gasteiger partial charge in [-0.3, -0.25) is 4.79 Å². The van der Waals surface area contributed by atoms with E-state index in [2.05, 4.69) is 17.3 Å². The fraction of sp³-hybridized carbons (Fsp3) is 0.850. The van der Waals surface area contributed by atoms with E-state index in [4.69, 9.17) is 10.5 Å². The average molecular weight is 410 g/mol. The molecule has 3 aliphatic rings. The number of amides is 4. The Kier molecular flexibility index (Phi) is 7.21. The molecule has 0 radical (unpaired) electrons. The number of nitrogens with zero attached hydrogens (tertiary/aromatic N) is 3. The van der Waals surface area contributed by atoms with Crippen LogP contribution in [0, 0.1) is 0 Å². The molecule has 29 heavy (non-hydrogen) atoms. The van der Waals surface area contributed by atoms with E-state index in [-0.39, 0.29) is 18.5 Å². The summed E-state index contributed by atoms with van der Waals surface area (Å²) in [6, 6.07) is -0.0205. The quantitative estimate of drug-likeness (QED) is 0.655. The first kappa shape index (κ1) is 21.7. The second-order valence-corrected chi connectivity index (χ2v) is 8.70. The Morgan fingerprint density at radius 1 is 1.24 bits per heavy atom. The van der Waals surface area contributed by atoms with Crippen LogP contribution in [0.15, 0.2) is 0 Å². The van der Waals surface area contributed by atoms with Crippen molar-refractivity contribution in [2.45, 2.75) is 63.0 Å². The number of nitrogens with one attached hydrogen (secondary N) is 1. The lowest BCUT2D eigenvalue weighted by molar-refractivity contribution is -0.133. The first-order valence-corrected chi connectivity index (χ1v) is 10.9. The molecule has 3 N–H and O–H groups in total. The number of likely N-dealkylation sites (tertiary alicyclic amines) is 1. The average Bonchev–Trinajstić information content (AvgIpc) is 3.02. The van der Waals surface area contributed by atoms with Crippen molar-refractivity contribution < 1.29 is 19.1 Å². The van der Waals surface area contributed by atoms with Crippen LogP contribution < -0.4 is 11.1 Å². The van der Waals surface area contributed by atoms with Gasteiger partial charge in [-0.05, 0) is 32.9 Å². The summed E-state index contributed by atoms with van der Waals surface area (Å²) in [5, 5.41) is 2.32. The maximum Gasteiger partial charge on any atom is 0.410 e. The van der Waals surface area contributed by atoms with Crippen molar-refractivity contribution in [1.29, 1.82) is 0 Å². The van der Waals surface area contributed by atoms with Gasteiger partial charge in [0, 0.05) is 38.5 Å². The number of urea groups is 1. The van der Waals surface area contributed by atoms with Gasteiger partial charge in [0.05, 0.1) is 13.1 Å². The highest BCUT2D eigenvalue weighted by atomic mass is 16.6. The van der Waals surface area contributed by atoms with Gasteiger partial charge >= 0.3 is 12.1 Å². The lowest BCUT2D eigenvalue weighted by Gasteiger charge is -2.37. The van der Waals surface area contributed by atoms with Gasteiger partial charge in [0.25, 0.3) is 0 Å². The summed E-state index contributed by atoms with van der Waals surface area (Å²) in [4.78, 5) is 41.2. The van der Waals surface area contributed by atoms with Crippen molar-refractivity contribution in [3.63, 3.8) is 0 Å². The second kappa shape index (κ2) is 9.65. The van der Waals surface area contributed by atoms with Crippen molar-refractivity contribution in [2.75, 3.05) is 46.3 Å². The van der Waals surface area contributed by atoms with E-state index in [0.29, 0.717) is 45.1 Å². The number of nitrogens with two attached hydrogens (primary N) is 1. The zero-order valence-electron chi connectivity index (χ0n) is 17.5. The molecule has 2 saturated heterocycles. The standard InChI is InChI=1S/C20H35N5O4/c1-23(16-6-3-2-4-7-16)10-5-11-25-15-20(29-19(25)28)8-12-24(13-9-20)17(26)14-22-18(21)27/h16H,2-15H2,1H3,(H3,21,22,27). The van der Waals surface area contributed by atoms with E-state index in [1.54, 1.807) is 4.90 Å². The molecule has 0 unspecified atom stereocenters. The summed E-state index contributed by atoms with van der Waals surface area (Å²) in [7, 11) is 2.19. The Labute approximate surface area is 172 Å². The zero-order valence-corrected chi connectivity index (χ0v) is 17.5. The molecule has 1 aliphatic carbocycles. The molecule has 0 bridgehead atoms. The molecule has 1 saturated carbocycles. The number of carbonyl (C=O) groups excluding carboxylic acids is 3. The van der Waals surface area contributed by atoms with Crippen LogP contribution in [0.3, 0.4) is 0 Å². The minimum Gasteiger partial charge on any atom is -0.441 e. The van der Waals surface area contributed by atoms with Gasteiger partial charge < -0.3 is 30.5 Å². The summed E-state index contributed by atoms with van der Waals surface area (Å²) in [6.07, 6.45) is 8.55. The number of ether oxygens (including phenoxy) is 1. The third kappa shape index (κ3) is 5.74. The van der Waals surface area contributed by atoms with Crippen LogP contribution in [-0.2, 0) is 9.53 Å². The molecule has 9 heteroatoms. The number of primary amides is 1. The number of carbonyl (C=O) groups is 3. The normalized spacial score (nSPS) is 22.2. The fourth-order valence-corrected chi connectivity index (χ4v) is 4.78. The fourth-order valence-electron chi connectivity index (χ4n) is 4.78. The minimum absolute atomic E-state index is 0.0945. The van der Waals surface area contributed by atoms with Gasteiger partial charge in [0.15, 0.2) is 0 Å².